The van der Waals surface area contributed by atoms with Gasteiger partial charge >= 0.3 is 6.18 Å². The van der Waals surface area contributed by atoms with Crippen molar-refractivity contribution in [3.8, 4) is 0 Å². The van der Waals surface area contributed by atoms with E-state index in [0.717, 1.165) is 0 Å². The van der Waals surface area contributed by atoms with Crippen LogP contribution in [0.2, 0.25) is 0 Å². The molecule has 80 valence electrons. The minimum Gasteiger partial charge on any atom is -0.542 e. The highest BCUT2D eigenvalue weighted by molar-refractivity contribution is 5.70. The van der Waals surface area contributed by atoms with E-state index < -0.39 is 12.1 Å². The molecule has 0 aromatic carbocycles. The lowest BCUT2D eigenvalue weighted by molar-refractivity contribution is -0.344. The SMILES string of the molecule is CCCCCC.O=C([O-])C(F)(F)F. The summed E-state index contributed by atoms with van der Waals surface area (Å²) in [6.07, 6.45) is 0.342. The van der Waals surface area contributed by atoms with E-state index in [-0.39, 0.29) is 0 Å². The van der Waals surface area contributed by atoms with Gasteiger partial charge in [-0.3, -0.25) is 0 Å². The molecule has 0 fully saturated rings. The lowest BCUT2D eigenvalue weighted by Gasteiger charge is -2.03. The molecule has 0 amide bonds. The number of hydrogen-bond donors (Lipinski definition) is 0. The minimum absolute atomic E-state index is 1.36. The Bertz CT molecular complexity index is 128. The van der Waals surface area contributed by atoms with Gasteiger partial charge in [-0.1, -0.05) is 39.5 Å². The van der Waals surface area contributed by atoms with Crippen molar-refractivity contribution in [3.63, 3.8) is 0 Å². The van der Waals surface area contributed by atoms with Crippen LogP contribution in [0.3, 0.4) is 0 Å². The molecule has 0 aromatic rings. The number of carbonyl (C=O) groups excluding carboxylic acids is 1. The van der Waals surface area contributed by atoms with E-state index in [1.54, 1.807) is 0 Å². The lowest BCUT2D eigenvalue weighted by Crippen LogP contribution is -2.37. The van der Waals surface area contributed by atoms with Crippen LogP contribution in [0.15, 0.2) is 0 Å². The largest absolute Gasteiger partial charge is 0.542 e. The van der Waals surface area contributed by atoms with Crippen LogP contribution in [0.25, 0.3) is 0 Å². The van der Waals surface area contributed by atoms with E-state index in [1.807, 2.05) is 0 Å². The van der Waals surface area contributed by atoms with Gasteiger partial charge in [0.15, 0.2) is 0 Å². The van der Waals surface area contributed by atoms with Crippen molar-refractivity contribution in [3.05, 3.63) is 0 Å². The second kappa shape index (κ2) is 7.89. The summed E-state index contributed by atoms with van der Waals surface area (Å²) < 4.78 is 31.5. The zero-order chi connectivity index (χ0) is 10.9. The van der Waals surface area contributed by atoms with Crippen LogP contribution in [-0.2, 0) is 4.79 Å². The molecule has 0 rings (SSSR count). The van der Waals surface area contributed by atoms with Crippen molar-refractivity contribution < 1.29 is 23.1 Å². The zero-order valence-electron chi connectivity index (χ0n) is 7.78. The molecule has 0 saturated carbocycles. The number of aliphatic carboxylic acids is 1. The molecule has 5 heteroatoms. The maximum Gasteiger partial charge on any atom is 0.430 e. The second-order valence-electron chi connectivity index (χ2n) is 2.49. The molecule has 0 aliphatic rings. The molecule has 0 aromatic heterocycles. The Kier molecular flexibility index (Phi) is 8.96. The van der Waals surface area contributed by atoms with Crippen LogP contribution in [0.4, 0.5) is 13.2 Å². The second-order valence-corrected chi connectivity index (χ2v) is 2.49. The van der Waals surface area contributed by atoms with Gasteiger partial charge in [-0.25, -0.2) is 0 Å². The maximum absolute atomic E-state index is 10.5. The smallest absolute Gasteiger partial charge is 0.430 e. The fourth-order valence-corrected chi connectivity index (χ4v) is 0.500. The van der Waals surface area contributed by atoms with Crippen LogP contribution in [0.1, 0.15) is 39.5 Å². The number of carboxylic acid groups (broad SMARTS) is 1. The number of carboxylic acids is 1. The van der Waals surface area contributed by atoms with Crippen LogP contribution < -0.4 is 5.11 Å². The topological polar surface area (TPSA) is 40.1 Å². The van der Waals surface area contributed by atoms with Crippen molar-refractivity contribution in [1.29, 1.82) is 0 Å². The molecule has 0 aliphatic heterocycles. The van der Waals surface area contributed by atoms with Crippen LogP contribution in [0.5, 0.6) is 0 Å². The van der Waals surface area contributed by atoms with Gasteiger partial charge in [-0.15, -0.1) is 0 Å². The van der Waals surface area contributed by atoms with Crippen molar-refractivity contribution >= 4 is 5.97 Å². The molecule has 2 nitrogen and oxygen atoms in total. The number of hydrogen-bond acceptors (Lipinski definition) is 2. The van der Waals surface area contributed by atoms with E-state index in [1.165, 1.54) is 25.7 Å². The molecule has 0 radical (unpaired) electrons. The summed E-state index contributed by atoms with van der Waals surface area (Å²) in [7, 11) is 0. The highest BCUT2D eigenvalue weighted by Crippen LogP contribution is 2.11. The molecule has 0 unspecified atom stereocenters. The Hall–Kier alpha value is -0.740. The molecule has 0 saturated heterocycles. The molecule has 0 atom stereocenters. The minimum atomic E-state index is -5.19. The average Bonchev–Trinajstić information content (AvgIpc) is 2.00. The monoisotopic (exact) mass is 199 g/mol. The van der Waals surface area contributed by atoms with Gasteiger partial charge in [0.25, 0.3) is 0 Å². The van der Waals surface area contributed by atoms with Gasteiger partial charge in [0, 0.05) is 0 Å². The number of carbonyl (C=O) groups is 1. The molecule has 13 heavy (non-hydrogen) atoms. The Morgan fingerprint density at radius 3 is 1.46 bits per heavy atom. The Balaban J connectivity index is 0. The van der Waals surface area contributed by atoms with Gasteiger partial charge in [-0.2, -0.15) is 13.2 Å². The number of halogens is 3. The third kappa shape index (κ3) is 14.2. The summed E-state index contributed by atoms with van der Waals surface area (Å²) in [5, 5.41) is 8.78. The molecular weight excluding hydrogens is 185 g/mol. The normalized spacial score (nSPS) is 10.2. The van der Waals surface area contributed by atoms with E-state index in [2.05, 4.69) is 13.8 Å². The van der Waals surface area contributed by atoms with Crippen LogP contribution in [-0.4, -0.2) is 12.1 Å². The van der Waals surface area contributed by atoms with Crippen molar-refractivity contribution in [2.24, 2.45) is 0 Å². The summed E-state index contributed by atoms with van der Waals surface area (Å²) in [5.74, 6) is -3.01. The third-order valence-electron chi connectivity index (χ3n) is 1.19. The average molecular weight is 199 g/mol. The van der Waals surface area contributed by atoms with E-state index in [9.17, 15) is 13.2 Å². The van der Waals surface area contributed by atoms with Crippen molar-refractivity contribution in [1.82, 2.24) is 0 Å². The van der Waals surface area contributed by atoms with Crippen molar-refractivity contribution in [2.45, 2.75) is 45.7 Å². The third-order valence-corrected chi connectivity index (χ3v) is 1.19. The Morgan fingerprint density at radius 1 is 1.15 bits per heavy atom. The summed E-state index contributed by atoms with van der Waals surface area (Å²) in [6, 6.07) is 0. The van der Waals surface area contributed by atoms with Crippen LogP contribution >= 0.6 is 0 Å². The number of rotatable bonds is 3. The zero-order valence-corrected chi connectivity index (χ0v) is 7.78. The van der Waals surface area contributed by atoms with Gasteiger partial charge in [-0.05, 0) is 0 Å². The summed E-state index contributed by atoms with van der Waals surface area (Å²) >= 11 is 0. The van der Waals surface area contributed by atoms with E-state index in [4.69, 9.17) is 9.90 Å². The first-order valence-electron chi connectivity index (χ1n) is 4.14. The quantitative estimate of drug-likeness (QED) is 0.651. The highest BCUT2D eigenvalue weighted by atomic mass is 19.4. The van der Waals surface area contributed by atoms with Crippen molar-refractivity contribution in [2.75, 3.05) is 0 Å². The first-order chi connectivity index (χ1) is 5.86. The fraction of sp³-hybridized carbons (Fsp3) is 0.875. The number of alkyl halides is 3. The first-order valence-corrected chi connectivity index (χ1v) is 4.14. The molecule has 0 bridgehead atoms. The first kappa shape index (κ1) is 14.8. The number of unbranched alkanes of at least 4 members (excludes halogenated alkanes) is 3. The molecule has 0 heterocycles. The predicted octanol–water partition coefficient (Wildman–Crippen LogP) is 1.89. The van der Waals surface area contributed by atoms with Crippen LogP contribution in [0, 0.1) is 0 Å². The Labute approximate surface area is 75.8 Å². The summed E-state index contributed by atoms with van der Waals surface area (Å²) in [6.45, 7) is 4.46. The van der Waals surface area contributed by atoms with E-state index in [0.29, 0.717) is 0 Å². The van der Waals surface area contributed by atoms with Gasteiger partial charge in [0.1, 0.15) is 5.97 Å². The maximum atomic E-state index is 10.5. The fourth-order valence-electron chi connectivity index (χ4n) is 0.500. The van der Waals surface area contributed by atoms with Gasteiger partial charge in [0.2, 0.25) is 0 Å². The molecular formula is C8H14F3O2-. The molecule has 0 N–H and O–H groups in total. The standard InChI is InChI=1S/C6H14.C2HF3O2/c1-3-5-6-4-2;3-2(4,5)1(6)7/h3-6H2,1-2H3;(H,6,7)/p-1. The molecule has 0 aliphatic carbocycles. The molecule has 0 spiro atoms. The highest BCUT2D eigenvalue weighted by Gasteiger charge is 2.28. The lowest BCUT2D eigenvalue weighted by atomic mass is 10.2. The predicted molar refractivity (Wildman–Crippen MR) is 40.9 cm³/mol. The van der Waals surface area contributed by atoms with E-state index >= 15 is 0 Å². The van der Waals surface area contributed by atoms with Gasteiger partial charge in [0.05, 0.1) is 0 Å². The summed E-state index contributed by atoms with van der Waals surface area (Å²) in [4.78, 5) is 8.78. The Morgan fingerprint density at radius 2 is 1.38 bits per heavy atom. The van der Waals surface area contributed by atoms with Gasteiger partial charge < -0.3 is 9.90 Å². The summed E-state index contributed by atoms with van der Waals surface area (Å²) in [5.41, 5.74) is 0.